The molecule has 0 bridgehead atoms. The van der Waals surface area contributed by atoms with Gasteiger partial charge in [-0.3, -0.25) is 0 Å². The summed E-state index contributed by atoms with van der Waals surface area (Å²) in [5.74, 6) is 2.01. The molecule has 90 heavy (non-hydrogen) atoms. The summed E-state index contributed by atoms with van der Waals surface area (Å²) < 4.78 is 7.69. The van der Waals surface area contributed by atoms with E-state index in [1.54, 1.807) is 0 Å². The number of hydrogen-bond donors (Lipinski definition) is 0. The quantitative estimate of drug-likeness (QED) is 0.142. The molecular weight excluding hydrogens is 1050 g/mol. The zero-order chi connectivity index (χ0) is 66.9. The highest BCUT2D eigenvalue weighted by Gasteiger charge is 2.35. The van der Waals surface area contributed by atoms with E-state index in [4.69, 9.17) is 19.4 Å². The summed E-state index contributed by atoms with van der Waals surface area (Å²) in [5.41, 5.74) is 56.9. The van der Waals surface area contributed by atoms with Crippen LogP contribution in [0.15, 0.2) is 4.42 Å². The Morgan fingerprint density at radius 1 is 0.167 bits per heavy atom. The summed E-state index contributed by atoms with van der Waals surface area (Å²) in [5, 5.41) is 2.16. The monoisotopic (exact) mass is 1130 g/mol. The van der Waals surface area contributed by atoms with E-state index in [2.05, 4.69) is 272 Å². The van der Waals surface area contributed by atoms with Crippen LogP contribution in [-0.4, -0.2) is 282 Å². The van der Waals surface area contributed by atoms with Gasteiger partial charge in [0.1, 0.15) is 278 Å². The molecule has 0 aliphatic heterocycles. The highest BCUT2D eigenvalue weighted by Crippen LogP contribution is 2.38. The SMILES string of the molecule is Bc1c(B)c(B)c(-c2nc(-c3c(B)c(B)c(B)c(B)c3B)nc(-c3c(B)c(N(c4c(B)c(B)c(-c5c(B)c(B)c(B)c(B)c5B)c(B)c4B)c4c(B)c(B)c(-c5c(B)c(B)c(B)c(B)c5B)c(B)c4B)c(B)c4oc5c(B)c(B)c(B)c(B)c5c34)n2)c(B)c1B. The molecule has 39 heteroatoms. The van der Waals surface area contributed by atoms with Crippen molar-refractivity contribution in [3.8, 4) is 56.4 Å². The normalized spacial score (nSPS) is 11.5. The van der Waals surface area contributed by atoms with E-state index in [-0.39, 0.29) is 0 Å². The van der Waals surface area contributed by atoms with Crippen LogP contribution < -0.4 is 191 Å². The molecule has 0 aliphatic rings. The van der Waals surface area contributed by atoms with Crippen LogP contribution >= 0.6 is 0 Å². The van der Waals surface area contributed by atoms with Crippen LogP contribution in [0, 0.1) is 0 Å². The number of rotatable bonds is 8. The first-order valence-corrected chi connectivity index (χ1v) is 32.9. The zero-order valence-corrected chi connectivity index (χ0v) is 61.7. The van der Waals surface area contributed by atoms with E-state index < -0.39 is 0 Å². The molecule has 10 rings (SSSR count). The fraction of sp³-hybridized carbons (Fsp3) is 0. The van der Waals surface area contributed by atoms with Gasteiger partial charge in [0, 0.05) is 44.5 Å². The number of furan rings is 1. The minimum absolute atomic E-state index is 0.639. The van der Waals surface area contributed by atoms with Crippen LogP contribution in [0.3, 0.4) is 0 Å². The molecule has 0 N–H and O–H groups in total. The van der Waals surface area contributed by atoms with Crippen molar-refractivity contribution in [1.29, 1.82) is 0 Å². The van der Waals surface area contributed by atoms with Crippen molar-refractivity contribution in [2.75, 3.05) is 4.90 Å². The summed E-state index contributed by atoms with van der Waals surface area (Å²) in [6.07, 6.45) is 0. The summed E-state index contributed by atoms with van der Waals surface area (Å²) in [6.45, 7) is 0. The fourth-order valence-corrected chi connectivity index (χ4v) is 16.3. The Bertz CT molecular complexity index is 4570. The van der Waals surface area contributed by atoms with Crippen molar-refractivity contribution < 1.29 is 4.42 Å². The number of hydrogen-bond acceptors (Lipinski definition) is 5. The minimum atomic E-state index is 0.639. The Balaban J connectivity index is 1.48. The van der Waals surface area contributed by atoms with Gasteiger partial charge in [-0.25, -0.2) is 15.0 Å². The first kappa shape index (κ1) is 67.5. The molecule has 0 atom stereocenters. The van der Waals surface area contributed by atoms with Crippen LogP contribution in [0.1, 0.15) is 0 Å². The van der Waals surface area contributed by atoms with Gasteiger partial charge in [0.15, 0.2) is 17.5 Å². The van der Waals surface area contributed by atoms with Gasteiger partial charge in [0.05, 0.1) is 0 Å². The number of anilines is 3. The molecule has 2 aromatic heterocycles. The van der Waals surface area contributed by atoms with Gasteiger partial charge < -0.3 is 9.32 Å². The molecule has 0 saturated heterocycles. The van der Waals surface area contributed by atoms with Gasteiger partial charge in [0.2, 0.25) is 0 Å². The van der Waals surface area contributed by atoms with E-state index in [1.165, 1.54) is 203 Å². The molecule has 10 aromatic rings. The lowest BCUT2D eigenvalue weighted by molar-refractivity contribution is 0.674. The van der Waals surface area contributed by atoms with Crippen LogP contribution in [-0.2, 0) is 0 Å². The third-order valence-corrected chi connectivity index (χ3v) is 24.6. The van der Waals surface area contributed by atoms with E-state index in [9.17, 15) is 0 Å². The molecule has 0 radical (unpaired) electrons. The van der Waals surface area contributed by atoms with E-state index in [1.807, 2.05) is 0 Å². The topological polar surface area (TPSA) is 55.1 Å². The lowest BCUT2D eigenvalue weighted by Crippen LogP contribution is -2.58. The summed E-state index contributed by atoms with van der Waals surface area (Å²) in [7, 11) is 78.4. The van der Waals surface area contributed by atoms with Gasteiger partial charge in [0.25, 0.3) is 0 Å². The summed E-state index contributed by atoms with van der Waals surface area (Å²) >= 11 is 0. The third kappa shape index (κ3) is 9.65. The molecule has 8 aromatic carbocycles. The van der Waals surface area contributed by atoms with Crippen molar-refractivity contribution in [2.24, 2.45) is 0 Å². The van der Waals surface area contributed by atoms with Gasteiger partial charge in [-0.2, -0.15) is 0 Å². The smallest absolute Gasteiger partial charge is 0.164 e. The number of aromatic nitrogens is 3. The van der Waals surface area contributed by atoms with Crippen LogP contribution in [0.4, 0.5) is 17.1 Å². The number of benzene rings is 8. The highest BCUT2D eigenvalue weighted by molar-refractivity contribution is 6.76. The lowest BCUT2D eigenvalue weighted by Gasteiger charge is -2.39. The van der Waals surface area contributed by atoms with Crippen LogP contribution in [0.25, 0.3) is 78.4 Å². The minimum Gasteiger partial charge on any atom is -0.457 e. The van der Waals surface area contributed by atoms with E-state index in [0.717, 1.165) is 60.7 Å². The van der Waals surface area contributed by atoms with Gasteiger partial charge in [-0.15, -0.1) is 71.0 Å². The molecule has 0 unspecified atom stereocenters. The standard InChI is InChI=1S/C51H68B34N4O/c52-10-2(11(53)25(67)33(75)24(10)66)4-14(56)38(80)45(39(81)15(4)57)89(46-40(82)16(58)5(17(59)41(46)83)3-12(54)26(68)34(76)27(69)13(3)55)44-23(65)7(1-6-18(60)28(70)37(79)42(84)48(6)90-47(1)43(44)85)49-86-50(8-19(61)29(71)35(77)30(72)20(8)62)88-51(87-49)9-21(63)31(73)36(78)32(74)22(9)64/h52-85H2. The van der Waals surface area contributed by atoms with Crippen LogP contribution in [0.2, 0.25) is 0 Å². The average molecular weight is 1120 g/mol. The van der Waals surface area contributed by atoms with Crippen molar-refractivity contribution in [3.63, 3.8) is 0 Å². The predicted octanol–water partition coefficient (Wildman–Crippen LogP) is -45.6. The highest BCUT2D eigenvalue weighted by atomic mass is 16.3. The maximum absolute atomic E-state index is 7.69. The second-order valence-corrected chi connectivity index (χ2v) is 28.1. The molecule has 2 heterocycles. The second-order valence-electron chi connectivity index (χ2n) is 28.1. The van der Waals surface area contributed by atoms with E-state index >= 15 is 0 Å². The lowest BCUT2D eigenvalue weighted by atomic mass is 9.56. The molecule has 0 fully saturated rings. The maximum Gasteiger partial charge on any atom is 0.164 e. The van der Waals surface area contributed by atoms with Gasteiger partial charge in [-0.1, -0.05) is 109 Å². The first-order chi connectivity index (χ1) is 41.9. The van der Waals surface area contributed by atoms with Crippen molar-refractivity contribution in [2.45, 2.75) is 0 Å². The molecule has 0 amide bonds. The van der Waals surface area contributed by atoms with Gasteiger partial charge in [-0.05, 0) is 27.7 Å². The van der Waals surface area contributed by atoms with Crippen molar-refractivity contribution >= 4 is 492 Å². The van der Waals surface area contributed by atoms with Crippen LogP contribution in [0.5, 0.6) is 0 Å². The molecule has 0 saturated carbocycles. The summed E-state index contributed by atoms with van der Waals surface area (Å²) in [4.78, 5) is 20.3. The molecule has 0 spiro atoms. The Morgan fingerprint density at radius 3 is 0.656 bits per heavy atom. The second kappa shape index (κ2) is 23.9. The first-order valence-electron chi connectivity index (χ1n) is 32.9. The predicted molar refractivity (Wildman–Crippen MR) is 507 cm³/mol. The Hall–Kier alpha value is -5.42. The average Bonchev–Trinajstić information content (AvgIpc) is 1.32. The Kier molecular flexibility index (Phi) is 17.9. The number of fused-ring (bicyclic) bond motifs is 3. The molecule has 400 valence electrons. The Morgan fingerprint density at radius 2 is 0.367 bits per heavy atom. The van der Waals surface area contributed by atoms with Gasteiger partial charge >= 0.3 is 0 Å². The number of nitrogens with zero attached hydrogens (tertiary/aromatic N) is 4. The van der Waals surface area contributed by atoms with Crippen molar-refractivity contribution in [1.82, 2.24) is 15.0 Å². The molecule has 0 aliphatic carbocycles. The van der Waals surface area contributed by atoms with Crippen molar-refractivity contribution in [3.05, 3.63) is 0 Å². The zero-order valence-electron chi connectivity index (χ0n) is 61.7. The molecular formula is C51H68B34N4O. The fourth-order valence-electron chi connectivity index (χ4n) is 16.3. The van der Waals surface area contributed by atoms with E-state index in [0.29, 0.717) is 17.5 Å². The largest absolute Gasteiger partial charge is 0.457 e. The maximum atomic E-state index is 7.69. The Labute approximate surface area is 568 Å². The third-order valence-electron chi connectivity index (χ3n) is 24.6. The summed E-state index contributed by atoms with van der Waals surface area (Å²) in [6, 6.07) is 0. The molecule has 5 nitrogen and oxygen atoms in total.